The van der Waals surface area contributed by atoms with Crippen LogP contribution < -0.4 is 9.03 Å². The standard InChI is InChI=1S/C20H26N4O5S2/c1-15-6-5-10-23(13-15)30(26,27)17-12-19(22(2)14-17)20(25)21-31(28,29)24-11-9-16-7-3-4-8-18(16)24/h3-4,7-8,12,14-15H,5-6,9-11,13H2,1-2H3,(H,21,25). The second-order valence-corrected chi connectivity index (χ2v) is 11.7. The fraction of sp³-hybridized carbons (Fsp3) is 0.450. The van der Waals surface area contributed by atoms with Crippen LogP contribution in [0.15, 0.2) is 41.4 Å². The first kappa shape index (κ1) is 21.8. The van der Waals surface area contributed by atoms with Crippen LogP contribution in [0.25, 0.3) is 0 Å². The minimum absolute atomic E-state index is 0.0156. The zero-order chi connectivity index (χ0) is 22.4. The molecule has 4 rings (SSSR count). The van der Waals surface area contributed by atoms with Crippen molar-refractivity contribution in [2.45, 2.75) is 31.1 Å². The van der Waals surface area contributed by atoms with Gasteiger partial charge < -0.3 is 4.57 Å². The Balaban J connectivity index is 1.56. The Labute approximate surface area is 182 Å². The summed E-state index contributed by atoms with van der Waals surface area (Å²) in [6.07, 6.45) is 3.68. The summed E-state index contributed by atoms with van der Waals surface area (Å²) in [6, 6.07) is 8.35. The summed E-state index contributed by atoms with van der Waals surface area (Å²) >= 11 is 0. The zero-order valence-electron chi connectivity index (χ0n) is 17.5. The number of nitrogens with one attached hydrogen (secondary N) is 1. The highest BCUT2D eigenvalue weighted by molar-refractivity contribution is 7.91. The van der Waals surface area contributed by atoms with E-state index in [0.717, 1.165) is 22.7 Å². The molecule has 11 heteroatoms. The molecule has 0 saturated carbocycles. The van der Waals surface area contributed by atoms with Crippen LogP contribution >= 0.6 is 0 Å². The largest absolute Gasteiger partial charge is 0.345 e. The molecule has 9 nitrogen and oxygen atoms in total. The Morgan fingerprint density at radius 2 is 1.87 bits per heavy atom. The number of nitrogens with zero attached hydrogens (tertiary/aromatic N) is 3. The predicted octanol–water partition coefficient (Wildman–Crippen LogP) is 1.48. The number of hydrogen-bond acceptors (Lipinski definition) is 5. The third-order valence-electron chi connectivity index (χ3n) is 5.83. The molecule has 1 amide bonds. The van der Waals surface area contributed by atoms with E-state index in [9.17, 15) is 21.6 Å². The lowest BCUT2D eigenvalue weighted by molar-refractivity contribution is 0.0973. The third kappa shape index (κ3) is 4.09. The van der Waals surface area contributed by atoms with Crippen molar-refractivity contribution in [1.29, 1.82) is 0 Å². The zero-order valence-corrected chi connectivity index (χ0v) is 19.1. The average molecular weight is 467 g/mol. The van der Waals surface area contributed by atoms with E-state index in [1.807, 2.05) is 19.1 Å². The minimum atomic E-state index is -4.13. The second kappa shape index (κ2) is 7.95. The number of piperidine rings is 1. The van der Waals surface area contributed by atoms with Crippen molar-refractivity contribution in [3.8, 4) is 0 Å². The van der Waals surface area contributed by atoms with Gasteiger partial charge >= 0.3 is 10.2 Å². The molecule has 1 unspecified atom stereocenters. The number of carbonyl (C=O) groups excluding carboxylic acids is 1. The Kier molecular flexibility index (Phi) is 5.61. The van der Waals surface area contributed by atoms with Crippen molar-refractivity contribution < 1.29 is 21.6 Å². The van der Waals surface area contributed by atoms with Gasteiger partial charge in [0.1, 0.15) is 10.6 Å². The smallest absolute Gasteiger partial charge is 0.326 e. The molecule has 0 spiro atoms. The summed E-state index contributed by atoms with van der Waals surface area (Å²) < 4.78 is 57.7. The van der Waals surface area contributed by atoms with Gasteiger partial charge in [0.2, 0.25) is 10.0 Å². The van der Waals surface area contributed by atoms with Crippen LogP contribution in [0.3, 0.4) is 0 Å². The number of sulfonamides is 1. The molecule has 1 aromatic carbocycles. The van der Waals surface area contributed by atoms with Crippen molar-refractivity contribution in [1.82, 2.24) is 13.6 Å². The van der Waals surface area contributed by atoms with E-state index in [-0.39, 0.29) is 23.1 Å². The summed E-state index contributed by atoms with van der Waals surface area (Å²) in [5, 5.41) is 0. The molecular weight excluding hydrogens is 440 g/mol. The third-order valence-corrected chi connectivity index (χ3v) is 9.06. The van der Waals surface area contributed by atoms with Crippen molar-refractivity contribution in [2.75, 3.05) is 23.9 Å². The number of fused-ring (bicyclic) bond motifs is 1. The van der Waals surface area contributed by atoms with Crippen molar-refractivity contribution in [3.05, 3.63) is 47.8 Å². The number of amides is 1. The lowest BCUT2D eigenvalue weighted by Crippen LogP contribution is -2.43. The number of hydrogen-bond donors (Lipinski definition) is 1. The fourth-order valence-corrected chi connectivity index (χ4v) is 7.08. The molecule has 0 bridgehead atoms. The van der Waals surface area contributed by atoms with Crippen LogP contribution in [-0.2, 0) is 33.7 Å². The summed E-state index contributed by atoms with van der Waals surface area (Å²) in [6.45, 7) is 3.11. The molecule has 1 aromatic heterocycles. The molecule has 168 valence electrons. The van der Waals surface area contributed by atoms with E-state index < -0.39 is 26.1 Å². The Morgan fingerprint density at radius 1 is 1.13 bits per heavy atom. The van der Waals surface area contributed by atoms with Gasteiger partial charge in [0.25, 0.3) is 5.91 Å². The maximum absolute atomic E-state index is 13.0. The molecule has 0 radical (unpaired) electrons. The van der Waals surface area contributed by atoms with Crippen molar-refractivity contribution in [3.63, 3.8) is 0 Å². The molecule has 2 aliphatic heterocycles. The van der Waals surface area contributed by atoms with Gasteiger partial charge in [-0.3, -0.25) is 9.10 Å². The van der Waals surface area contributed by atoms with E-state index in [1.165, 1.54) is 28.2 Å². The van der Waals surface area contributed by atoms with E-state index in [1.54, 1.807) is 12.1 Å². The van der Waals surface area contributed by atoms with Gasteiger partial charge in [-0.25, -0.2) is 13.1 Å². The molecule has 1 N–H and O–H groups in total. The molecular formula is C20H26N4O5S2. The number of benzene rings is 1. The van der Waals surface area contributed by atoms with Gasteiger partial charge in [0, 0.05) is 32.9 Å². The van der Waals surface area contributed by atoms with Crippen LogP contribution in [0.4, 0.5) is 5.69 Å². The summed E-state index contributed by atoms with van der Waals surface area (Å²) in [5.74, 6) is -0.608. The predicted molar refractivity (Wildman–Crippen MR) is 116 cm³/mol. The molecule has 0 aliphatic carbocycles. The summed E-state index contributed by atoms with van der Waals surface area (Å²) in [7, 11) is -6.37. The maximum Gasteiger partial charge on any atom is 0.326 e. The van der Waals surface area contributed by atoms with Gasteiger partial charge in [-0.05, 0) is 42.9 Å². The molecule has 3 heterocycles. The number of anilines is 1. The minimum Gasteiger partial charge on any atom is -0.345 e. The topological polar surface area (TPSA) is 109 Å². The van der Waals surface area contributed by atoms with Crippen molar-refractivity contribution in [2.24, 2.45) is 13.0 Å². The first-order chi connectivity index (χ1) is 14.6. The number of aryl methyl sites for hydroxylation is 1. The van der Waals surface area contributed by atoms with Gasteiger partial charge in [-0.15, -0.1) is 0 Å². The number of rotatable bonds is 5. The van der Waals surface area contributed by atoms with Crippen LogP contribution in [-0.4, -0.2) is 51.2 Å². The quantitative estimate of drug-likeness (QED) is 0.718. The highest BCUT2D eigenvalue weighted by Gasteiger charge is 2.33. The maximum atomic E-state index is 13.0. The lowest BCUT2D eigenvalue weighted by atomic mass is 10.0. The molecule has 31 heavy (non-hydrogen) atoms. The van der Waals surface area contributed by atoms with Gasteiger partial charge in [-0.1, -0.05) is 25.1 Å². The van der Waals surface area contributed by atoms with Crippen LogP contribution in [0.5, 0.6) is 0 Å². The monoisotopic (exact) mass is 466 g/mol. The van der Waals surface area contributed by atoms with Gasteiger partial charge in [0.05, 0.1) is 5.69 Å². The number of para-hydroxylation sites is 1. The van der Waals surface area contributed by atoms with Crippen molar-refractivity contribution >= 4 is 31.8 Å². The van der Waals surface area contributed by atoms with E-state index >= 15 is 0 Å². The molecule has 1 saturated heterocycles. The Morgan fingerprint density at radius 3 is 2.61 bits per heavy atom. The van der Waals surface area contributed by atoms with E-state index in [0.29, 0.717) is 25.2 Å². The van der Waals surface area contributed by atoms with Crippen LogP contribution in [0, 0.1) is 5.92 Å². The van der Waals surface area contributed by atoms with Gasteiger partial charge in [-0.2, -0.15) is 12.7 Å². The normalized spacial score (nSPS) is 19.9. The van der Waals surface area contributed by atoms with Gasteiger partial charge in [0.15, 0.2) is 0 Å². The highest BCUT2D eigenvalue weighted by atomic mass is 32.2. The Hall–Kier alpha value is -2.37. The number of carbonyl (C=O) groups is 1. The first-order valence-corrected chi connectivity index (χ1v) is 13.1. The van der Waals surface area contributed by atoms with E-state index in [4.69, 9.17) is 0 Å². The Bertz CT molecular complexity index is 1220. The SMILES string of the molecule is CC1CCCN(S(=O)(=O)c2cc(C(=O)NS(=O)(=O)N3CCc4ccccc43)n(C)c2)C1. The molecule has 2 aliphatic rings. The van der Waals surface area contributed by atoms with Crippen LogP contribution in [0.1, 0.15) is 35.8 Å². The van der Waals surface area contributed by atoms with Crippen LogP contribution in [0.2, 0.25) is 0 Å². The summed E-state index contributed by atoms with van der Waals surface area (Å²) in [4.78, 5) is 12.8. The number of aromatic nitrogens is 1. The fourth-order valence-electron chi connectivity index (χ4n) is 4.20. The second-order valence-electron chi connectivity index (χ2n) is 8.17. The summed E-state index contributed by atoms with van der Waals surface area (Å²) in [5.41, 5.74) is 1.39. The molecule has 1 atom stereocenters. The lowest BCUT2D eigenvalue weighted by Gasteiger charge is -2.29. The highest BCUT2D eigenvalue weighted by Crippen LogP contribution is 2.29. The van der Waals surface area contributed by atoms with E-state index in [2.05, 4.69) is 4.72 Å². The average Bonchev–Trinajstić information content (AvgIpc) is 3.32. The molecule has 1 fully saturated rings. The molecule has 2 aromatic rings. The first-order valence-electron chi connectivity index (χ1n) is 10.2.